The van der Waals surface area contributed by atoms with Crippen LogP contribution in [0, 0.1) is 5.41 Å². The Morgan fingerprint density at radius 3 is 2.50 bits per heavy atom. The molecule has 1 aliphatic carbocycles. The van der Waals surface area contributed by atoms with Gasteiger partial charge in [-0.05, 0) is 30.3 Å². The molecule has 0 aliphatic heterocycles. The van der Waals surface area contributed by atoms with Gasteiger partial charge in [0, 0.05) is 11.8 Å². The number of nitrogens with one attached hydrogen (secondary N) is 1. The number of hydrogen-bond donors (Lipinski definition) is 4. The first-order valence-corrected chi connectivity index (χ1v) is 6.06. The van der Waals surface area contributed by atoms with Crippen molar-refractivity contribution in [1.82, 2.24) is 0 Å². The van der Waals surface area contributed by atoms with Crippen LogP contribution in [-0.2, 0) is 4.74 Å². The summed E-state index contributed by atoms with van der Waals surface area (Å²) in [6.07, 6.45) is 3.06. The van der Waals surface area contributed by atoms with Gasteiger partial charge in [0.05, 0.1) is 29.4 Å². The highest BCUT2D eigenvalue weighted by Gasteiger charge is 2.15. The SMILES string of the molecule is N=C1C=C(N)C(OCCO)=CC1=Nc1ccc(N)cc1. The maximum Gasteiger partial charge on any atom is 0.144 e. The maximum absolute atomic E-state index is 8.77. The van der Waals surface area contributed by atoms with Crippen LogP contribution in [-0.4, -0.2) is 29.7 Å². The number of aliphatic hydroxyl groups is 1. The van der Waals surface area contributed by atoms with Crippen LogP contribution in [0.5, 0.6) is 0 Å². The molecule has 6 nitrogen and oxygen atoms in total. The first-order chi connectivity index (χ1) is 9.60. The number of nitrogens with zero attached hydrogens (tertiary/aromatic N) is 1. The number of nitrogens with two attached hydrogens (primary N) is 2. The van der Waals surface area contributed by atoms with E-state index in [1.165, 1.54) is 6.08 Å². The number of ether oxygens (including phenoxy) is 1. The van der Waals surface area contributed by atoms with Gasteiger partial charge in [-0.1, -0.05) is 0 Å². The van der Waals surface area contributed by atoms with Crippen molar-refractivity contribution in [2.45, 2.75) is 0 Å². The van der Waals surface area contributed by atoms with Crippen molar-refractivity contribution in [3.8, 4) is 0 Å². The molecule has 0 unspecified atom stereocenters. The molecule has 0 radical (unpaired) electrons. The van der Waals surface area contributed by atoms with Crippen molar-refractivity contribution in [3.63, 3.8) is 0 Å². The predicted molar refractivity (Wildman–Crippen MR) is 79.1 cm³/mol. The summed E-state index contributed by atoms with van der Waals surface area (Å²) in [6.45, 7) is 0.0371. The van der Waals surface area contributed by atoms with Gasteiger partial charge in [-0.3, -0.25) is 5.41 Å². The van der Waals surface area contributed by atoms with Crippen molar-refractivity contribution in [2.24, 2.45) is 10.7 Å². The lowest BCUT2D eigenvalue weighted by atomic mass is 10.1. The molecule has 0 saturated carbocycles. The van der Waals surface area contributed by atoms with E-state index in [1.807, 2.05) is 0 Å². The number of aliphatic imine (C=N–C) groups is 1. The minimum Gasteiger partial charge on any atom is -0.489 e. The van der Waals surface area contributed by atoms with Crippen LogP contribution >= 0.6 is 0 Å². The number of hydrogen-bond acceptors (Lipinski definition) is 6. The Labute approximate surface area is 116 Å². The van der Waals surface area contributed by atoms with Crippen LogP contribution in [0.4, 0.5) is 11.4 Å². The van der Waals surface area contributed by atoms with Gasteiger partial charge in [-0.2, -0.15) is 0 Å². The highest BCUT2D eigenvalue weighted by Crippen LogP contribution is 2.18. The topological polar surface area (TPSA) is 118 Å². The highest BCUT2D eigenvalue weighted by molar-refractivity contribution is 6.50. The van der Waals surface area contributed by atoms with Gasteiger partial charge in [0.2, 0.25) is 0 Å². The molecule has 6 N–H and O–H groups in total. The molecule has 0 heterocycles. The standard InChI is InChI=1S/C14H16N4O2/c15-9-1-3-10(4-2-9)18-13-8-14(20-6-5-19)12(17)7-11(13)16/h1-4,7-8,16,19H,5-6,15,17H2. The average molecular weight is 272 g/mol. The fourth-order valence-electron chi connectivity index (χ4n) is 1.65. The zero-order valence-corrected chi connectivity index (χ0v) is 10.8. The third kappa shape index (κ3) is 3.24. The maximum atomic E-state index is 8.77. The third-order valence-corrected chi connectivity index (χ3v) is 2.62. The average Bonchev–Trinajstić information content (AvgIpc) is 2.43. The lowest BCUT2D eigenvalue weighted by molar-refractivity contribution is 0.149. The van der Waals surface area contributed by atoms with Crippen LogP contribution in [0.2, 0.25) is 0 Å². The minimum atomic E-state index is -0.105. The lowest BCUT2D eigenvalue weighted by Crippen LogP contribution is -2.20. The van der Waals surface area contributed by atoms with E-state index in [4.69, 9.17) is 26.7 Å². The Bertz CT molecular complexity index is 600. The number of aliphatic hydroxyl groups excluding tert-OH is 1. The molecular weight excluding hydrogens is 256 g/mol. The summed E-state index contributed by atoms with van der Waals surface area (Å²) in [4.78, 5) is 4.35. The summed E-state index contributed by atoms with van der Waals surface area (Å²) < 4.78 is 5.30. The predicted octanol–water partition coefficient (Wildman–Crippen LogP) is 1.11. The van der Waals surface area contributed by atoms with Crippen LogP contribution in [0.3, 0.4) is 0 Å². The van der Waals surface area contributed by atoms with E-state index in [2.05, 4.69) is 4.99 Å². The van der Waals surface area contributed by atoms with Gasteiger partial charge < -0.3 is 21.3 Å². The Morgan fingerprint density at radius 2 is 1.85 bits per heavy atom. The molecule has 0 aromatic heterocycles. The summed E-state index contributed by atoms with van der Waals surface area (Å²) >= 11 is 0. The molecule has 1 aliphatic rings. The summed E-state index contributed by atoms with van der Waals surface area (Å²) in [5, 5.41) is 16.6. The van der Waals surface area contributed by atoms with Crippen LogP contribution in [0.25, 0.3) is 0 Å². The van der Waals surface area contributed by atoms with Gasteiger partial charge in [-0.25, -0.2) is 4.99 Å². The van der Waals surface area contributed by atoms with E-state index in [1.54, 1.807) is 30.3 Å². The largest absolute Gasteiger partial charge is 0.489 e. The quantitative estimate of drug-likeness (QED) is 0.485. The van der Waals surface area contributed by atoms with Crippen molar-refractivity contribution in [1.29, 1.82) is 5.41 Å². The van der Waals surface area contributed by atoms with Crippen LogP contribution < -0.4 is 11.5 Å². The molecular formula is C14H16N4O2. The highest BCUT2D eigenvalue weighted by atomic mass is 16.5. The molecule has 20 heavy (non-hydrogen) atoms. The number of rotatable bonds is 4. The molecule has 0 amide bonds. The second-order valence-electron chi connectivity index (χ2n) is 4.18. The number of anilines is 1. The molecule has 6 heteroatoms. The van der Waals surface area contributed by atoms with Gasteiger partial charge in [0.25, 0.3) is 0 Å². The second-order valence-corrected chi connectivity index (χ2v) is 4.18. The number of benzene rings is 1. The van der Waals surface area contributed by atoms with E-state index in [9.17, 15) is 0 Å². The molecule has 1 aromatic carbocycles. The molecule has 1 aromatic rings. The van der Waals surface area contributed by atoms with E-state index in [0.29, 0.717) is 28.5 Å². The molecule has 0 saturated heterocycles. The first kappa shape index (κ1) is 13.8. The smallest absolute Gasteiger partial charge is 0.144 e. The van der Waals surface area contributed by atoms with Crippen molar-refractivity contribution in [3.05, 3.63) is 47.9 Å². The van der Waals surface area contributed by atoms with E-state index < -0.39 is 0 Å². The first-order valence-electron chi connectivity index (χ1n) is 6.06. The van der Waals surface area contributed by atoms with Crippen LogP contribution in [0.15, 0.2) is 52.9 Å². The van der Waals surface area contributed by atoms with Gasteiger partial charge in [-0.15, -0.1) is 0 Å². The van der Waals surface area contributed by atoms with Gasteiger partial charge in [0.1, 0.15) is 12.4 Å². The van der Waals surface area contributed by atoms with E-state index in [-0.39, 0.29) is 18.9 Å². The zero-order valence-electron chi connectivity index (χ0n) is 10.8. The van der Waals surface area contributed by atoms with Crippen molar-refractivity contribution < 1.29 is 9.84 Å². The third-order valence-electron chi connectivity index (χ3n) is 2.62. The molecule has 0 bridgehead atoms. The fourth-order valence-corrected chi connectivity index (χ4v) is 1.65. The Hall–Kier alpha value is -2.60. The van der Waals surface area contributed by atoms with Gasteiger partial charge >= 0.3 is 0 Å². The van der Waals surface area contributed by atoms with Crippen molar-refractivity contribution in [2.75, 3.05) is 18.9 Å². The number of nitrogen functional groups attached to an aromatic ring is 1. The zero-order chi connectivity index (χ0) is 14.5. The van der Waals surface area contributed by atoms with E-state index in [0.717, 1.165) is 0 Å². The van der Waals surface area contributed by atoms with E-state index >= 15 is 0 Å². The molecule has 0 atom stereocenters. The Balaban J connectivity index is 2.28. The molecule has 104 valence electrons. The fraction of sp³-hybridized carbons (Fsp3) is 0.143. The van der Waals surface area contributed by atoms with Crippen LogP contribution in [0.1, 0.15) is 0 Å². The second kappa shape index (κ2) is 6.03. The summed E-state index contributed by atoms with van der Waals surface area (Å²) in [5.74, 6) is 0.407. The minimum absolute atomic E-state index is 0.105. The monoisotopic (exact) mass is 272 g/mol. The summed E-state index contributed by atoms with van der Waals surface area (Å²) in [7, 11) is 0. The molecule has 2 rings (SSSR count). The molecule has 0 fully saturated rings. The van der Waals surface area contributed by atoms with Crippen molar-refractivity contribution >= 4 is 22.8 Å². The molecule has 0 spiro atoms. The Morgan fingerprint density at radius 1 is 1.15 bits per heavy atom. The normalized spacial score (nSPS) is 16.9. The summed E-state index contributed by atoms with van der Waals surface area (Å²) in [6, 6.07) is 7.00. The lowest BCUT2D eigenvalue weighted by Gasteiger charge is -2.15. The Kier molecular flexibility index (Phi) is 4.17. The van der Waals surface area contributed by atoms with Gasteiger partial charge in [0.15, 0.2) is 0 Å². The summed E-state index contributed by atoms with van der Waals surface area (Å²) in [5.41, 5.74) is 13.7. The number of allylic oxidation sites excluding steroid dienone is 2.